The van der Waals surface area contributed by atoms with Crippen molar-refractivity contribution in [1.29, 1.82) is 0 Å². The van der Waals surface area contributed by atoms with Gasteiger partial charge in [0, 0.05) is 11.8 Å². The van der Waals surface area contributed by atoms with Gasteiger partial charge in [-0.2, -0.15) is 8.78 Å². The van der Waals surface area contributed by atoms with Crippen molar-refractivity contribution in [2.24, 2.45) is 0 Å². The van der Waals surface area contributed by atoms with Gasteiger partial charge in [-0.15, -0.1) is 0 Å². The molecular formula is C15H22F2N2O3. The molecule has 0 aliphatic carbocycles. The van der Waals surface area contributed by atoms with E-state index in [1.165, 1.54) is 6.07 Å². The summed E-state index contributed by atoms with van der Waals surface area (Å²) in [6.45, 7) is 2.25. The molecule has 0 atom stereocenters. The largest absolute Gasteiger partial charge is 0.434 e. The average molecular weight is 316 g/mol. The van der Waals surface area contributed by atoms with Crippen molar-refractivity contribution in [3.05, 3.63) is 23.8 Å². The number of urea groups is 1. The molecule has 0 saturated carbocycles. The molecule has 0 aliphatic rings. The molecule has 22 heavy (non-hydrogen) atoms. The number of hydrogen-bond donors (Lipinski definition) is 3. The first-order valence-corrected chi connectivity index (χ1v) is 7.11. The second-order valence-electron chi connectivity index (χ2n) is 5.08. The van der Waals surface area contributed by atoms with E-state index in [1.54, 1.807) is 19.1 Å². The van der Waals surface area contributed by atoms with Gasteiger partial charge in [0.25, 0.3) is 0 Å². The Labute approximate surface area is 128 Å². The number of halogens is 2. The number of anilines is 1. The minimum atomic E-state index is -2.93. The topological polar surface area (TPSA) is 70.6 Å². The van der Waals surface area contributed by atoms with Crippen molar-refractivity contribution in [1.82, 2.24) is 5.32 Å². The van der Waals surface area contributed by atoms with Gasteiger partial charge in [-0.3, -0.25) is 0 Å². The van der Waals surface area contributed by atoms with E-state index in [1.807, 2.05) is 13.8 Å². The molecule has 5 nitrogen and oxygen atoms in total. The van der Waals surface area contributed by atoms with Crippen molar-refractivity contribution >= 4 is 11.7 Å². The van der Waals surface area contributed by atoms with E-state index in [9.17, 15) is 18.7 Å². The number of alkyl halides is 2. The van der Waals surface area contributed by atoms with Crippen LogP contribution in [0.3, 0.4) is 0 Å². The van der Waals surface area contributed by atoms with Crippen molar-refractivity contribution in [3.8, 4) is 5.75 Å². The maximum Gasteiger partial charge on any atom is 0.387 e. The molecule has 1 aromatic carbocycles. The van der Waals surface area contributed by atoms with Crippen LogP contribution in [0.15, 0.2) is 18.2 Å². The van der Waals surface area contributed by atoms with Gasteiger partial charge in [0.15, 0.2) is 0 Å². The zero-order valence-electron chi connectivity index (χ0n) is 13.0. The number of aryl methyl sites for hydroxylation is 1. The summed E-state index contributed by atoms with van der Waals surface area (Å²) in [4.78, 5) is 12.0. The Hall–Kier alpha value is -1.89. The van der Waals surface area contributed by atoms with Gasteiger partial charge in [-0.1, -0.05) is 19.9 Å². The van der Waals surface area contributed by atoms with Gasteiger partial charge in [0.2, 0.25) is 0 Å². The van der Waals surface area contributed by atoms with Crippen LogP contribution >= 0.6 is 0 Å². The van der Waals surface area contributed by atoms with Gasteiger partial charge in [-0.25, -0.2) is 4.79 Å². The van der Waals surface area contributed by atoms with Crippen LogP contribution in [-0.2, 0) is 0 Å². The number of carbonyl (C=O) groups is 1. The summed E-state index contributed by atoms with van der Waals surface area (Å²) < 4.78 is 29.0. The Morgan fingerprint density at radius 2 is 2.00 bits per heavy atom. The number of aliphatic hydroxyl groups excluding tert-OH is 1. The first-order chi connectivity index (χ1) is 10.4. The summed E-state index contributed by atoms with van der Waals surface area (Å²) in [5, 5.41) is 14.7. The molecule has 2 amide bonds. The van der Waals surface area contributed by atoms with E-state index in [0.717, 1.165) is 0 Å². The average Bonchev–Trinajstić information content (AvgIpc) is 2.48. The lowest BCUT2D eigenvalue weighted by Crippen LogP contribution is -2.52. The van der Waals surface area contributed by atoms with Crippen LogP contribution in [0.2, 0.25) is 0 Å². The predicted molar refractivity (Wildman–Crippen MR) is 80.4 cm³/mol. The molecule has 0 radical (unpaired) electrons. The lowest BCUT2D eigenvalue weighted by molar-refractivity contribution is -0.0502. The SMILES string of the molecule is CCC(CC)(CO)NC(=O)Nc1ccc(C)c(OC(F)F)c1. The summed E-state index contributed by atoms with van der Waals surface area (Å²) in [7, 11) is 0. The molecule has 0 heterocycles. The molecule has 0 aliphatic heterocycles. The molecule has 1 rings (SSSR count). The molecule has 0 spiro atoms. The highest BCUT2D eigenvalue weighted by molar-refractivity contribution is 5.90. The number of benzene rings is 1. The van der Waals surface area contributed by atoms with E-state index in [-0.39, 0.29) is 12.4 Å². The maximum absolute atomic E-state index is 12.3. The third-order valence-corrected chi connectivity index (χ3v) is 3.70. The van der Waals surface area contributed by atoms with Gasteiger partial charge >= 0.3 is 12.6 Å². The summed E-state index contributed by atoms with van der Waals surface area (Å²) in [5.41, 5.74) is 0.174. The van der Waals surface area contributed by atoms with Crippen molar-refractivity contribution in [2.45, 2.75) is 45.8 Å². The second-order valence-corrected chi connectivity index (χ2v) is 5.08. The molecule has 1 aromatic rings. The van der Waals surface area contributed by atoms with Crippen LogP contribution in [0, 0.1) is 6.92 Å². The summed E-state index contributed by atoms with van der Waals surface area (Å²) >= 11 is 0. The molecule has 124 valence electrons. The summed E-state index contributed by atoms with van der Waals surface area (Å²) in [6, 6.07) is 3.99. The lowest BCUT2D eigenvalue weighted by atomic mass is 9.94. The fourth-order valence-corrected chi connectivity index (χ4v) is 1.99. The predicted octanol–water partition coefficient (Wildman–Crippen LogP) is 3.27. The van der Waals surface area contributed by atoms with E-state index in [4.69, 9.17) is 0 Å². The van der Waals surface area contributed by atoms with Crippen molar-refractivity contribution in [2.75, 3.05) is 11.9 Å². The minimum absolute atomic E-state index is 0.00667. The van der Waals surface area contributed by atoms with E-state index in [0.29, 0.717) is 24.1 Å². The van der Waals surface area contributed by atoms with E-state index in [2.05, 4.69) is 15.4 Å². The third-order valence-electron chi connectivity index (χ3n) is 3.70. The molecule has 0 fully saturated rings. The highest BCUT2D eigenvalue weighted by Gasteiger charge is 2.27. The van der Waals surface area contributed by atoms with Crippen LogP contribution in [0.5, 0.6) is 5.75 Å². The second kappa shape index (κ2) is 7.93. The number of hydrogen-bond acceptors (Lipinski definition) is 3. The van der Waals surface area contributed by atoms with Gasteiger partial charge in [0.05, 0.1) is 12.1 Å². The number of ether oxygens (including phenoxy) is 1. The normalized spacial score (nSPS) is 11.4. The fraction of sp³-hybridized carbons (Fsp3) is 0.533. The molecule has 3 N–H and O–H groups in total. The highest BCUT2D eigenvalue weighted by atomic mass is 19.3. The molecule has 0 unspecified atom stereocenters. The van der Waals surface area contributed by atoms with Gasteiger partial charge in [-0.05, 0) is 31.4 Å². The minimum Gasteiger partial charge on any atom is -0.434 e. The molecule has 0 saturated heterocycles. The Morgan fingerprint density at radius 3 is 2.50 bits per heavy atom. The first kappa shape index (κ1) is 18.2. The van der Waals surface area contributed by atoms with Crippen LogP contribution in [0.25, 0.3) is 0 Å². The lowest BCUT2D eigenvalue weighted by Gasteiger charge is -2.30. The quantitative estimate of drug-likeness (QED) is 0.723. The zero-order chi connectivity index (χ0) is 16.8. The van der Waals surface area contributed by atoms with Gasteiger partial charge in [0.1, 0.15) is 5.75 Å². The number of aliphatic hydroxyl groups is 1. The highest BCUT2D eigenvalue weighted by Crippen LogP contribution is 2.24. The monoisotopic (exact) mass is 316 g/mol. The van der Waals surface area contributed by atoms with Gasteiger partial charge < -0.3 is 20.5 Å². The van der Waals surface area contributed by atoms with E-state index >= 15 is 0 Å². The number of nitrogens with one attached hydrogen (secondary N) is 2. The summed E-state index contributed by atoms with van der Waals surface area (Å²) in [6.07, 6.45) is 1.14. The maximum atomic E-state index is 12.3. The smallest absolute Gasteiger partial charge is 0.387 e. The zero-order valence-corrected chi connectivity index (χ0v) is 13.0. The van der Waals surface area contributed by atoms with Crippen LogP contribution in [-0.4, -0.2) is 29.9 Å². The van der Waals surface area contributed by atoms with Crippen molar-refractivity contribution < 1.29 is 23.4 Å². The fourth-order valence-electron chi connectivity index (χ4n) is 1.99. The first-order valence-electron chi connectivity index (χ1n) is 7.11. The number of rotatable bonds is 7. The molecular weight excluding hydrogens is 294 g/mol. The third kappa shape index (κ3) is 4.84. The Kier molecular flexibility index (Phi) is 6.55. The van der Waals surface area contributed by atoms with Crippen molar-refractivity contribution in [3.63, 3.8) is 0 Å². The molecule has 0 bridgehead atoms. The number of amides is 2. The summed E-state index contributed by atoms with van der Waals surface area (Å²) in [5.74, 6) is 0.00667. The Balaban J connectivity index is 2.80. The van der Waals surface area contributed by atoms with E-state index < -0.39 is 18.2 Å². The Bertz CT molecular complexity index is 497. The molecule has 7 heteroatoms. The van der Waals surface area contributed by atoms with Crippen LogP contribution < -0.4 is 15.4 Å². The molecule has 0 aromatic heterocycles. The number of carbonyl (C=O) groups excluding carboxylic acids is 1. The van der Waals surface area contributed by atoms with Crippen LogP contribution in [0.4, 0.5) is 19.3 Å². The van der Waals surface area contributed by atoms with Crippen LogP contribution in [0.1, 0.15) is 32.3 Å². The standard InChI is InChI=1S/C15H22F2N2O3/c1-4-15(5-2,9-20)19-14(21)18-11-7-6-10(3)12(8-11)22-13(16)17/h6-8,13,20H,4-5,9H2,1-3H3,(H2,18,19,21). The Morgan fingerprint density at radius 1 is 1.36 bits per heavy atom.